The first-order valence-electron chi connectivity index (χ1n) is 7.88. The van der Waals surface area contributed by atoms with Crippen LogP contribution in [0.25, 0.3) is 11.0 Å². The first kappa shape index (κ1) is 17.5. The number of rotatable bonds is 3. The molecule has 0 saturated heterocycles. The number of aryl methyl sites for hydroxylation is 1. The van der Waals surface area contributed by atoms with Crippen molar-refractivity contribution in [1.29, 1.82) is 0 Å². The van der Waals surface area contributed by atoms with Crippen LogP contribution in [0.5, 0.6) is 0 Å². The van der Waals surface area contributed by atoms with E-state index < -0.39 is 28.8 Å². The standard InChI is InChI=1S/C18H15F2N3O3/c1-3-11-6-4-5-7-14(11)21-18(24)17-10(2)22(25)15-8-12(19)13(20)9-16(15)23(17)26/h4-9H,3H2,1-2H3,(H,21,24). The number of halogens is 2. The average molecular weight is 359 g/mol. The number of nitrogens with one attached hydrogen (secondary N) is 1. The van der Waals surface area contributed by atoms with Gasteiger partial charge in [0.1, 0.15) is 5.52 Å². The van der Waals surface area contributed by atoms with Crippen molar-refractivity contribution in [3.8, 4) is 0 Å². The van der Waals surface area contributed by atoms with Crippen LogP contribution < -0.4 is 9.74 Å². The largest absolute Gasteiger partial charge is 0.805 e. The molecule has 0 fully saturated rings. The maximum atomic E-state index is 13.5. The second kappa shape index (κ2) is 6.55. The lowest BCUT2D eigenvalue weighted by Crippen LogP contribution is -2.33. The molecule has 3 rings (SSSR count). The fourth-order valence-electron chi connectivity index (χ4n) is 2.78. The molecule has 3 aromatic rings. The van der Waals surface area contributed by atoms with Crippen molar-refractivity contribution in [3.05, 3.63) is 75.1 Å². The zero-order valence-corrected chi connectivity index (χ0v) is 14.0. The van der Waals surface area contributed by atoms with Crippen LogP contribution in [-0.2, 0) is 6.42 Å². The number of anilines is 1. The van der Waals surface area contributed by atoms with Gasteiger partial charge in [0.05, 0.1) is 16.2 Å². The number of amides is 1. The first-order chi connectivity index (χ1) is 12.3. The molecule has 0 radical (unpaired) electrons. The van der Waals surface area contributed by atoms with E-state index in [2.05, 4.69) is 5.32 Å². The summed E-state index contributed by atoms with van der Waals surface area (Å²) in [5.74, 6) is -3.35. The first-order valence-corrected chi connectivity index (χ1v) is 7.88. The molecule has 26 heavy (non-hydrogen) atoms. The van der Waals surface area contributed by atoms with Crippen LogP contribution in [-0.4, -0.2) is 10.6 Å². The molecule has 0 saturated carbocycles. The molecule has 0 unspecified atom stereocenters. The molecule has 8 heteroatoms. The number of aromatic nitrogens is 2. The Balaban J connectivity index is 2.17. The fraction of sp³-hybridized carbons (Fsp3) is 0.167. The molecule has 0 aliphatic heterocycles. The van der Waals surface area contributed by atoms with Crippen LogP contribution in [0.3, 0.4) is 0 Å². The van der Waals surface area contributed by atoms with E-state index in [1.54, 1.807) is 12.1 Å². The molecule has 6 nitrogen and oxygen atoms in total. The van der Waals surface area contributed by atoms with Gasteiger partial charge in [-0.15, -0.1) is 0 Å². The van der Waals surface area contributed by atoms with E-state index in [0.717, 1.165) is 5.56 Å². The van der Waals surface area contributed by atoms with Crippen molar-refractivity contribution in [2.75, 3.05) is 5.32 Å². The van der Waals surface area contributed by atoms with Gasteiger partial charge in [0.25, 0.3) is 5.52 Å². The van der Waals surface area contributed by atoms with E-state index in [9.17, 15) is 23.7 Å². The molecule has 2 aromatic carbocycles. The SMILES string of the molecule is CCc1ccccc1NC(=O)c1c(C)n([O-])c2cc(F)c(F)cc2[n+]1=O. The second-order valence-corrected chi connectivity index (χ2v) is 5.74. The predicted molar refractivity (Wildman–Crippen MR) is 92.5 cm³/mol. The molecule has 1 N–H and O–H groups in total. The molecule has 1 heterocycles. The highest BCUT2D eigenvalue weighted by atomic mass is 19.2. The van der Waals surface area contributed by atoms with E-state index in [4.69, 9.17) is 0 Å². The summed E-state index contributed by atoms with van der Waals surface area (Å²) in [6.07, 6.45) is 0.649. The van der Waals surface area contributed by atoms with Crippen molar-refractivity contribution in [1.82, 2.24) is 4.73 Å². The fourth-order valence-corrected chi connectivity index (χ4v) is 2.78. The summed E-state index contributed by atoms with van der Waals surface area (Å²) in [4.78, 5) is 25.2. The lowest BCUT2D eigenvalue weighted by atomic mass is 10.1. The summed E-state index contributed by atoms with van der Waals surface area (Å²) < 4.78 is 27.3. The Morgan fingerprint density at radius 1 is 1.23 bits per heavy atom. The van der Waals surface area contributed by atoms with Gasteiger partial charge in [0.2, 0.25) is 0 Å². The molecule has 1 amide bonds. The number of carbonyl (C=O) groups excluding carboxylic acids is 1. The number of hydrogen-bond acceptors (Lipinski definition) is 3. The third kappa shape index (κ3) is 2.79. The number of hydrogen-bond donors (Lipinski definition) is 1. The molecule has 0 aliphatic rings. The van der Waals surface area contributed by atoms with E-state index in [1.165, 1.54) is 6.92 Å². The molecule has 0 atom stereocenters. The van der Waals surface area contributed by atoms with Gasteiger partial charge in [-0.25, -0.2) is 8.78 Å². The van der Waals surface area contributed by atoms with Gasteiger partial charge in [-0.3, -0.25) is 4.79 Å². The molecular formula is C18H15F2N3O3. The average Bonchev–Trinajstić information content (AvgIpc) is 2.62. The zero-order chi connectivity index (χ0) is 19.0. The molecular weight excluding hydrogens is 344 g/mol. The van der Waals surface area contributed by atoms with Crippen molar-refractivity contribution in [2.45, 2.75) is 20.3 Å². The van der Waals surface area contributed by atoms with Crippen LogP contribution >= 0.6 is 0 Å². The second-order valence-electron chi connectivity index (χ2n) is 5.74. The Morgan fingerprint density at radius 3 is 2.58 bits per heavy atom. The predicted octanol–water partition coefficient (Wildman–Crippen LogP) is 3.30. The Bertz CT molecular complexity index is 1090. The third-order valence-electron chi connectivity index (χ3n) is 4.17. The van der Waals surface area contributed by atoms with Gasteiger partial charge >= 0.3 is 11.6 Å². The summed E-state index contributed by atoms with van der Waals surface area (Å²) in [6, 6.07) is 8.25. The third-order valence-corrected chi connectivity index (χ3v) is 4.17. The minimum absolute atomic E-state index is 0.144. The maximum Gasteiger partial charge on any atom is 0.346 e. The topological polar surface area (TPSA) is 80.1 Å². The normalized spacial score (nSPS) is 10.9. The number of para-hydroxylation sites is 1. The van der Waals surface area contributed by atoms with E-state index in [0.29, 0.717) is 24.2 Å². The molecule has 134 valence electrons. The number of fused-ring (bicyclic) bond motifs is 1. The van der Waals surface area contributed by atoms with Gasteiger partial charge in [-0.1, -0.05) is 25.1 Å². The van der Waals surface area contributed by atoms with Gasteiger partial charge in [0.15, 0.2) is 11.6 Å². The van der Waals surface area contributed by atoms with E-state index in [1.807, 2.05) is 19.1 Å². The lowest BCUT2D eigenvalue weighted by Gasteiger charge is -2.16. The Hall–Kier alpha value is -3.29. The minimum atomic E-state index is -1.28. The Morgan fingerprint density at radius 2 is 1.88 bits per heavy atom. The smallest absolute Gasteiger partial charge is 0.346 e. The summed E-state index contributed by atoms with van der Waals surface area (Å²) in [7, 11) is 0. The van der Waals surface area contributed by atoms with Crippen LogP contribution in [0.1, 0.15) is 28.7 Å². The van der Waals surface area contributed by atoms with Crippen molar-refractivity contribution in [2.24, 2.45) is 0 Å². The summed E-state index contributed by atoms with van der Waals surface area (Å²) in [5.41, 5.74) is -0.142. The van der Waals surface area contributed by atoms with Crippen LogP contribution in [0.4, 0.5) is 14.5 Å². The highest BCUT2D eigenvalue weighted by molar-refractivity contribution is 6.03. The Labute approximate surface area is 146 Å². The van der Waals surface area contributed by atoms with Crippen LogP contribution in [0.2, 0.25) is 0 Å². The van der Waals surface area contributed by atoms with Crippen LogP contribution in [0.15, 0.2) is 36.4 Å². The quantitative estimate of drug-likeness (QED) is 0.729. The number of benzene rings is 2. The van der Waals surface area contributed by atoms with Gasteiger partial charge in [-0.05, 0) is 25.0 Å². The van der Waals surface area contributed by atoms with E-state index in [-0.39, 0.29) is 20.4 Å². The van der Waals surface area contributed by atoms with Gasteiger partial charge in [-0.2, -0.15) is 0 Å². The monoisotopic (exact) mass is 359 g/mol. The molecule has 0 bridgehead atoms. The minimum Gasteiger partial charge on any atom is -0.805 e. The van der Waals surface area contributed by atoms with Crippen molar-refractivity contribution < 1.29 is 18.0 Å². The molecule has 0 aliphatic carbocycles. The zero-order valence-electron chi connectivity index (χ0n) is 14.0. The van der Waals surface area contributed by atoms with Gasteiger partial charge in [0, 0.05) is 16.7 Å². The highest BCUT2D eigenvalue weighted by Gasteiger charge is 2.28. The number of nitrogens with zero attached hydrogens (tertiary/aromatic N) is 2. The molecule has 1 aromatic heterocycles. The summed E-state index contributed by atoms with van der Waals surface area (Å²) >= 11 is 0. The Kier molecular flexibility index (Phi) is 4.41. The van der Waals surface area contributed by atoms with Crippen molar-refractivity contribution in [3.63, 3.8) is 0 Å². The van der Waals surface area contributed by atoms with E-state index >= 15 is 0 Å². The molecule has 0 spiro atoms. The summed E-state index contributed by atoms with van der Waals surface area (Å²) in [6.45, 7) is 3.17. The highest BCUT2D eigenvalue weighted by Crippen LogP contribution is 2.20. The lowest BCUT2D eigenvalue weighted by molar-refractivity contribution is -0.468. The van der Waals surface area contributed by atoms with Gasteiger partial charge < -0.3 is 15.3 Å². The maximum absolute atomic E-state index is 13.5. The summed E-state index contributed by atoms with van der Waals surface area (Å²) in [5, 5.41) is 14.9. The number of carbonyl (C=O) groups is 1. The van der Waals surface area contributed by atoms with Crippen molar-refractivity contribution >= 4 is 22.6 Å². The van der Waals surface area contributed by atoms with Crippen LogP contribution in [0, 0.1) is 28.7 Å².